The van der Waals surface area contributed by atoms with Crippen LogP contribution in [0.15, 0.2) is 5.10 Å². The first-order chi connectivity index (χ1) is 12.0. The fraction of sp³-hybridized carbons (Fsp3) is 0.647. The molecule has 1 aliphatic heterocycles. The lowest BCUT2D eigenvalue weighted by molar-refractivity contribution is -0.132. The van der Waals surface area contributed by atoms with Gasteiger partial charge in [0, 0.05) is 6.54 Å². The van der Waals surface area contributed by atoms with Gasteiger partial charge in [-0.15, -0.1) is 5.01 Å². The van der Waals surface area contributed by atoms with E-state index >= 15 is 0 Å². The number of aromatic nitrogens is 2. The van der Waals surface area contributed by atoms with Crippen LogP contribution in [0.5, 0.6) is 0 Å². The number of nitrogens with one attached hydrogen (secondary N) is 1. The molecular weight excluding hydrogens is 342 g/mol. The van der Waals surface area contributed by atoms with Crippen molar-refractivity contribution in [3.8, 4) is 0 Å². The Hall–Kier alpha value is -1.89. The molecule has 1 N–H and O–H groups in total. The normalized spacial score (nSPS) is 20.0. The highest BCUT2D eigenvalue weighted by Crippen LogP contribution is 2.33. The third kappa shape index (κ3) is 3.29. The zero-order chi connectivity index (χ0) is 18.0. The van der Waals surface area contributed by atoms with Crippen molar-refractivity contribution >= 4 is 29.8 Å². The van der Waals surface area contributed by atoms with Crippen LogP contribution in [0.2, 0.25) is 5.15 Å². The van der Waals surface area contributed by atoms with E-state index in [1.807, 2.05) is 6.92 Å². The summed E-state index contributed by atoms with van der Waals surface area (Å²) in [7, 11) is 0. The van der Waals surface area contributed by atoms with Crippen molar-refractivity contribution in [2.45, 2.75) is 70.9 Å². The average Bonchev–Trinajstić information content (AvgIpc) is 2.99. The summed E-state index contributed by atoms with van der Waals surface area (Å²) < 4.78 is 1.73. The van der Waals surface area contributed by atoms with Crippen LogP contribution < -0.4 is 5.32 Å². The summed E-state index contributed by atoms with van der Waals surface area (Å²) >= 11 is 6.37. The van der Waals surface area contributed by atoms with Gasteiger partial charge in [0.2, 0.25) is 0 Å². The van der Waals surface area contributed by atoms with Gasteiger partial charge < -0.3 is 5.32 Å². The van der Waals surface area contributed by atoms with Crippen molar-refractivity contribution in [2.75, 3.05) is 0 Å². The first kappa shape index (κ1) is 17.9. The molecular formula is C17H24ClN5O2. The summed E-state index contributed by atoms with van der Waals surface area (Å²) in [5.41, 5.74) is 0.601. The molecule has 1 saturated heterocycles. The second-order valence-corrected chi connectivity index (χ2v) is 7.16. The SMILES string of the molecule is CCCCn1nc(C)c(C=NN2C(=O)NC3(CCCCC3)C2=O)c1Cl. The van der Waals surface area contributed by atoms with Gasteiger partial charge in [-0.2, -0.15) is 10.2 Å². The number of aryl methyl sites for hydroxylation is 2. The van der Waals surface area contributed by atoms with E-state index in [1.54, 1.807) is 4.68 Å². The van der Waals surface area contributed by atoms with Crippen LogP contribution in [-0.2, 0) is 11.3 Å². The van der Waals surface area contributed by atoms with Gasteiger partial charge in [-0.3, -0.25) is 9.48 Å². The molecule has 25 heavy (non-hydrogen) atoms. The maximum Gasteiger partial charge on any atom is 0.346 e. The largest absolute Gasteiger partial charge is 0.346 e. The molecule has 3 rings (SSSR count). The minimum absolute atomic E-state index is 0.263. The lowest BCUT2D eigenvalue weighted by Crippen LogP contribution is -2.48. The number of halogens is 1. The second-order valence-electron chi connectivity index (χ2n) is 6.80. The molecule has 8 heteroatoms. The van der Waals surface area contributed by atoms with Crippen molar-refractivity contribution in [3.63, 3.8) is 0 Å². The number of rotatable bonds is 5. The summed E-state index contributed by atoms with van der Waals surface area (Å²) in [6, 6.07) is -0.463. The highest BCUT2D eigenvalue weighted by molar-refractivity contribution is 6.32. The molecule has 2 fully saturated rings. The fourth-order valence-electron chi connectivity index (χ4n) is 3.49. The third-order valence-electron chi connectivity index (χ3n) is 4.98. The lowest BCUT2D eigenvalue weighted by Gasteiger charge is -2.29. The molecule has 0 aromatic carbocycles. The molecule has 7 nitrogen and oxygen atoms in total. The van der Waals surface area contributed by atoms with Gasteiger partial charge in [0.1, 0.15) is 10.7 Å². The fourth-order valence-corrected chi connectivity index (χ4v) is 3.80. The van der Waals surface area contributed by atoms with Crippen LogP contribution >= 0.6 is 11.6 Å². The highest BCUT2D eigenvalue weighted by atomic mass is 35.5. The van der Waals surface area contributed by atoms with Crippen LogP contribution in [0.1, 0.15) is 63.1 Å². The Morgan fingerprint density at radius 1 is 1.32 bits per heavy atom. The smallest absolute Gasteiger partial charge is 0.321 e. The van der Waals surface area contributed by atoms with Gasteiger partial charge >= 0.3 is 6.03 Å². The molecule has 0 atom stereocenters. The minimum Gasteiger partial charge on any atom is -0.321 e. The molecule has 1 saturated carbocycles. The summed E-state index contributed by atoms with van der Waals surface area (Å²) in [4.78, 5) is 24.9. The number of imide groups is 1. The molecule has 1 spiro atoms. The van der Waals surface area contributed by atoms with Crippen molar-refractivity contribution in [1.82, 2.24) is 20.1 Å². The Bertz CT molecular complexity index is 706. The van der Waals surface area contributed by atoms with Crippen molar-refractivity contribution < 1.29 is 9.59 Å². The average molecular weight is 366 g/mol. The van der Waals surface area contributed by atoms with E-state index < -0.39 is 11.6 Å². The molecule has 1 aromatic rings. The first-order valence-electron chi connectivity index (χ1n) is 8.92. The molecule has 0 unspecified atom stereocenters. The van der Waals surface area contributed by atoms with E-state index in [9.17, 15) is 9.59 Å². The van der Waals surface area contributed by atoms with E-state index in [-0.39, 0.29) is 5.91 Å². The van der Waals surface area contributed by atoms with E-state index in [0.29, 0.717) is 23.6 Å². The number of urea groups is 1. The number of amides is 3. The van der Waals surface area contributed by atoms with Crippen LogP contribution in [-0.4, -0.2) is 38.5 Å². The molecule has 0 bridgehead atoms. The van der Waals surface area contributed by atoms with Gasteiger partial charge in [-0.05, 0) is 26.2 Å². The number of carbonyl (C=O) groups is 2. The van der Waals surface area contributed by atoms with E-state index in [2.05, 4.69) is 22.4 Å². The third-order valence-corrected chi connectivity index (χ3v) is 5.38. The molecule has 1 aromatic heterocycles. The number of hydrogen-bond donors (Lipinski definition) is 1. The molecule has 2 heterocycles. The maximum atomic E-state index is 12.7. The van der Waals surface area contributed by atoms with Gasteiger partial charge in [0.25, 0.3) is 5.91 Å². The monoisotopic (exact) mass is 365 g/mol. The lowest BCUT2D eigenvalue weighted by atomic mass is 9.82. The summed E-state index contributed by atoms with van der Waals surface area (Å²) in [6.07, 6.45) is 7.83. The minimum atomic E-state index is -0.767. The topological polar surface area (TPSA) is 79.6 Å². The van der Waals surface area contributed by atoms with Gasteiger partial charge in [0.15, 0.2) is 0 Å². The van der Waals surface area contributed by atoms with E-state index in [4.69, 9.17) is 11.6 Å². The van der Waals surface area contributed by atoms with Gasteiger partial charge in [-0.1, -0.05) is 44.2 Å². The molecule has 136 valence electrons. The number of hydrazone groups is 1. The van der Waals surface area contributed by atoms with Gasteiger partial charge in [-0.25, -0.2) is 4.79 Å². The van der Waals surface area contributed by atoms with Crippen molar-refractivity contribution in [2.24, 2.45) is 5.10 Å². The summed E-state index contributed by atoms with van der Waals surface area (Å²) in [5.74, 6) is -0.263. The summed E-state index contributed by atoms with van der Waals surface area (Å²) in [5, 5.41) is 12.8. The van der Waals surface area contributed by atoms with Crippen molar-refractivity contribution in [3.05, 3.63) is 16.4 Å². The number of unbranched alkanes of at least 4 members (excludes halogenated alkanes) is 1. The standard InChI is InChI=1S/C17H24ClN5O2/c1-3-4-10-22-14(18)13(12(2)21-22)11-19-23-15(24)17(20-16(23)25)8-6-5-7-9-17/h11H,3-10H2,1-2H3,(H,20,25). The Morgan fingerprint density at radius 2 is 2.04 bits per heavy atom. The predicted molar refractivity (Wildman–Crippen MR) is 95.7 cm³/mol. The predicted octanol–water partition coefficient (Wildman–Crippen LogP) is 3.23. The van der Waals surface area contributed by atoms with Crippen LogP contribution in [0.3, 0.4) is 0 Å². The molecule has 2 aliphatic rings. The quantitative estimate of drug-likeness (QED) is 0.642. The van der Waals surface area contributed by atoms with E-state index in [1.165, 1.54) is 6.21 Å². The highest BCUT2D eigenvalue weighted by Gasteiger charge is 2.51. The van der Waals surface area contributed by atoms with E-state index in [0.717, 1.165) is 49.4 Å². The molecule has 1 aliphatic carbocycles. The first-order valence-corrected chi connectivity index (χ1v) is 9.30. The van der Waals surface area contributed by atoms with Crippen molar-refractivity contribution in [1.29, 1.82) is 0 Å². The zero-order valence-electron chi connectivity index (χ0n) is 14.7. The number of carbonyl (C=O) groups excluding carboxylic acids is 2. The maximum absolute atomic E-state index is 12.7. The van der Waals surface area contributed by atoms with Gasteiger partial charge in [0.05, 0.1) is 17.5 Å². The van der Waals surface area contributed by atoms with Crippen LogP contribution in [0.4, 0.5) is 4.79 Å². The number of nitrogens with zero attached hydrogens (tertiary/aromatic N) is 4. The number of hydrogen-bond acceptors (Lipinski definition) is 4. The van der Waals surface area contributed by atoms with Crippen LogP contribution in [0, 0.1) is 6.92 Å². The Labute approximate surface area is 152 Å². The Kier molecular flexibility index (Phi) is 5.13. The Morgan fingerprint density at radius 3 is 2.72 bits per heavy atom. The second kappa shape index (κ2) is 7.15. The Balaban J connectivity index is 1.79. The zero-order valence-corrected chi connectivity index (χ0v) is 15.5. The van der Waals surface area contributed by atoms with Crippen LogP contribution in [0.25, 0.3) is 0 Å². The summed E-state index contributed by atoms with van der Waals surface area (Å²) in [6.45, 7) is 4.67. The molecule has 3 amide bonds. The molecule has 0 radical (unpaired) electrons.